The second-order valence-corrected chi connectivity index (χ2v) is 4.08. The van der Waals surface area contributed by atoms with Crippen molar-refractivity contribution in [2.45, 2.75) is 51.7 Å². The molecule has 0 aromatic heterocycles. The van der Waals surface area contributed by atoms with Crippen molar-refractivity contribution in [1.82, 2.24) is 0 Å². The number of rotatable bonds is 4. The molecule has 16 heavy (non-hydrogen) atoms. The molecule has 0 spiro atoms. The third-order valence-electron chi connectivity index (χ3n) is 2.97. The Labute approximate surface area is 99.7 Å². The van der Waals surface area contributed by atoms with E-state index in [-0.39, 0.29) is 0 Å². The molecule has 0 saturated heterocycles. The SMILES string of the molecule is CCC(C)(C#CC#CC(C)(CC)OC)OC. The Kier molecular flexibility index (Phi) is 6.19. The standard InChI is InChI=1S/C14H22O2/c1-7-13(3,15-5)11-9-10-12-14(4,8-2)16-6/h7-8H2,1-6H3. The van der Waals surface area contributed by atoms with Crippen molar-refractivity contribution in [3.05, 3.63) is 0 Å². The monoisotopic (exact) mass is 222 g/mol. The van der Waals surface area contributed by atoms with Gasteiger partial charge in [-0.2, -0.15) is 0 Å². The lowest BCUT2D eigenvalue weighted by molar-refractivity contribution is 0.0537. The molecule has 0 N–H and O–H groups in total. The van der Waals surface area contributed by atoms with Gasteiger partial charge in [-0.1, -0.05) is 25.7 Å². The number of hydrogen-bond acceptors (Lipinski definition) is 2. The Bertz CT molecular complexity index is 280. The minimum atomic E-state index is -0.398. The van der Waals surface area contributed by atoms with E-state index in [1.165, 1.54) is 0 Å². The van der Waals surface area contributed by atoms with E-state index < -0.39 is 11.2 Å². The van der Waals surface area contributed by atoms with Gasteiger partial charge < -0.3 is 9.47 Å². The van der Waals surface area contributed by atoms with Gasteiger partial charge in [0.05, 0.1) is 0 Å². The van der Waals surface area contributed by atoms with Crippen molar-refractivity contribution in [3.8, 4) is 23.7 Å². The Balaban J connectivity index is 4.68. The lowest BCUT2D eigenvalue weighted by Crippen LogP contribution is -2.24. The third kappa shape index (κ3) is 4.71. The quantitative estimate of drug-likeness (QED) is 0.681. The normalized spacial score (nSPS) is 17.1. The summed E-state index contributed by atoms with van der Waals surface area (Å²) in [5, 5.41) is 0. The zero-order valence-electron chi connectivity index (χ0n) is 11.2. The summed E-state index contributed by atoms with van der Waals surface area (Å²) < 4.78 is 10.6. The molecule has 0 heterocycles. The molecule has 0 aromatic carbocycles. The third-order valence-corrected chi connectivity index (χ3v) is 2.97. The summed E-state index contributed by atoms with van der Waals surface area (Å²) in [5.41, 5.74) is -0.797. The van der Waals surface area contributed by atoms with Crippen LogP contribution in [0.3, 0.4) is 0 Å². The molecule has 0 aromatic rings. The van der Waals surface area contributed by atoms with Gasteiger partial charge in [-0.3, -0.25) is 0 Å². The van der Waals surface area contributed by atoms with Crippen LogP contribution < -0.4 is 0 Å². The van der Waals surface area contributed by atoms with E-state index in [1.807, 2.05) is 27.7 Å². The number of methoxy groups -OCH3 is 2. The van der Waals surface area contributed by atoms with Gasteiger partial charge in [-0.25, -0.2) is 0 Å². The van der Waals surface area contributed by atoms with Gasteiger partial charge in [0.1, 0.15) is 11.2 Å². The second-order valence-electron chi connectivity index (χ2n) is 4.08. The predicted octanol–water partition coefficient (Wildman–Crippen LogP) is 2.62. The summed E-state index contributed by atoms with van der Waals surface area (Å²) in [7, 11) is 3.33. The first-order chi connectivity index (χ1) is 7.45. The Hall–Kier alpha value is -0.960. The van der Waals surface area contributed by atoms with E-state index in [0.29, 0.717) is 0 Å². The highest BCUT2D eigenvalue weighted by molar-refractivity contribution is 5.32. The summed E-state index contributed by atoms with van der Waals surface area (Å²) in [5.74, 6) is 11.7. The van der Waals surface area contributed by atoms with Gasteiger partial charge in [-0.05, 0) is 38.5 Å². The van der Waals surface area contributed by atoms with E-state index >= 15 is 0 Å². The Morgan fingerprint density at radius 1 is 0.812 bits per heavy atom. The van der Waals surface area contributed by atoms with Crippen LogP contribution in [0.5, 0.6) is 0 Å². The van der Waals surface area contributed by atoms with Crippen LogP contribution in [0, 0.1) is 23.7 Å². The van der Waals surface area contributed by atoms with Crippen LogP contribution in [0.25, 0.3) is 0 Å². The van der Waals surface area contributed by atoms with Crippen LogP contribution in [-0.2, 0) is 9.47 Å². The minimum absolute atomic E-state index is 0.398. The first kappa shape index (κ1) is 15.0. The maximum absolute atomic E-state index is 5.30. The van der Waals surface area contributed by atoms with Crippen LogP contribution in [0.15, 0.2) is 0 Å². The first-order valence-electron chi connectivity index (χ1n) is 5.60. The molecule has 2 heteroatoms. The zero-order valence-corrected chi connectivity index (χ0v) is 11.2. The highest BCUT2D eigenvalue weighted by Gasteiger charge is 2.17. The first-order valence-corrected chi connectivity index (χ1v) is 5.60. The lowest BCUT2D eigenvalue weighted by atomic mass is 10.0. The molecule has 0 bridgehead atoms. The van der Waals surface area contributed by atoms with Gasteiger partial charge in [-0.15, -0.1) is 0 Å². The van der Waals surface area contributed by atoms with E-state index in [0.717, 1.165) is 12.8 Å². The second kappa shape index (κ2) is 6.59. The molecular formula is C14H22O2. The van der Waals surface area contributed by atoms with Gasteiger partial charge >= 0.3 is 0 Å². The summed E-state index contributed by atoms with van der Waals surface area (Å²) in [6.07, 6.45) is 1.68. The fourth-order valence-electron chi connectivity index (χ4n) is 0.894. The van der Waals surface area contributed by atoms with Crippen molar-refractivity contribution < 1.29 is 9.47 Å². The summed E-state index contributed by atoms with van der Waals surface area (Å²) in [6, 6.07) is 0. The molecule has 0 aliphatic carbocycles. The highest BCUT2D eigenvalue weighted by Crippen LogP contribution is 2.12. The Morgan fingerprint density at radius 3 is 1.31 bits per heavy atom. The fourth-order valence-corrected chi connectivity index (χ4v) is 0.894. The van der Waals surface area contributed by atoms with Crippen LogP contribution in [-0.4, -0.2) is 25.4 Å². The summed E-state index contributed by atoms with van der Waals surface area (Å²) >= 11 is 0. The molecule has 0 aliphatic rings. The van der Waals surface area contributed by atoms with Crippen molar-refractivity contribution in [1.29, 1.82) is 0 Å². The van der Waals surface area contributed by atoms with Crippen molar-refractivity contribution in [2.24, 2.45) is 0 Å². The number of hydrogen-bond donors (Lipinski definition) is 0. The molecule has 2 nitrogen and oxygen atoms in total. The molecule has 0 amide bonds. The summed E-state index contributed by atoms with van der Waals surface area (Å²) in [4.78, 5) is 0. The van der Waals surface area contributed by atoms with Crippen LogP contribution in [0.1, 0.15) is 40.5 Å². The molecule has 0 rings (SSSR count). The number of ether oxygens (including phenoxy) is 2. The van der Waals surface area contributed by atoms with E-state index in [4.69, 9.17) is 9.47 Å². The van der Waals surface area contributed by atoms with Gasteiger partial charge in [0, 0.05) is 14.2 Å². The average Bonchev–Trinajstić information content (AvgIpc) is 2.34. The van der Waals surface area contributed by atoms with Crippen molar-refractivity contribution in [3.63, 3.8) is 0 Å². The molecular weight excluding hydrogens is 200 g/mol. The van der Waals surface area contributed by atoms with Crippen LogP contribution in [0.2, 0.25) is 0 Å². The van der Waals surface area contributed by atoms with Gasteiger partial charge in [0.15, 0.2) is 0 Å². The van der Waals surface area contributed by atoms with Crippen LogP contribution in [0.4, 0.5) is 0 Å². The zero-order chi connectivity index (χ0) is 12.7. The van der Waals surface area contributed by atoms with Gasteiger partial charge in [0.25, 0.3) is 0 Å². The van der Waals surface area contributed by atoms with Crippen molar-refractivity contribution in [2.75, 3.05) is 14.2 Å². The smallest absolute Gasteiger partial charge is 0.126 e. The van der Waals surface area contributed by atoms with E-state index in [2.05, 4.69) is 23.7 Å². The maximum atomic E-state index is 5.30. The molecule has 0 saturated carbocycles. The fraction of sp³-hybridized carbons (Fsp3) is 0.714. The highest BCUT2D eigenvalue weighted by atomic mass is 16.5. The lowest BCUT2D eigenvalue weighted by Gasteiger charge is -2.19. The average molecular weight is 222 g/mol. The van der Waals surface area contributed by atoms with Crippen LogP contribution >= 0.6 is 0 Å². The molecule has 0 fully saturated rings. The van der Waals surface area contributed by atoms with Gasteiger partial charge in [0.2, 0.25) is 0 Å². The largest absolute Gasteiger partial charge is 0.366 e. The molecule has 0 aliphatic heterocycles. The van der Waals surface area contributed by atoms with E-state index in [1.54, 1.807) is 14.2 Å². The molecule has 2 atom stereocenters. The molecule has 0 radical (unpaired) electrons. The molecule has 90 valence electrons. The minimum Gasteiger partial charge on any atom is -0.366 e. The molecule has 2 unspecified atom stereocenters. The predicted molar refractivity (Wildman–Crippen MR) is 67.0 cm³/mol. The Morgan fingerprint density at radius 2 is 1.12 bits per heavy atom. The van der Waals surface area contributed by atoms with Crippen molar-refractivity contribution >= 4 is 0 Å². The topological polar surface area (TPSA) is 18.5 Å². The van der Waals surface area contributed by atoms with E-state index in [9.17, 15) is 0 Å². The maximum Gasteiger partial charge on any atom is 0.126 e. The summed E-state index contributed by atoms with van der Waals surface area (Å²) in [6.45, 7) is 7.99.